The Morgan fingerprint density at radius 3 is 2.34 bits per heavy atom. The summed E-state index contributed by atoms with van der Waals surface area (Å²) in [5.41, 5.74) is 2.31. The Balaban J connectivity index is 1.28. The van der Waals surface area contributed by atoms with Gasteiger partial charge in [0.15, 0.2) is 0 Å². The Morgan fingerprint density at radius 1 is 1.00 bits per heavy atom. The van der Waals surface area contributed by atoms with Crippen molar-refractivity contribution in [1.82, 2.24) is 9.88 Å². The van der Waals surface area contributed by atoms with Gasteiger partial charge in [-0.1, -0.05) is 36.4 Å². The highest BCUT2D eigenvalue weighted by Crippen LogP contribution is 2.21. The first-order valence-corrected chi connectivity index (χ1v) is 9.82. The molecule has 2 aromatic carbocycles. The number of anilines is 1. The lowest BCUT2D eigenvalue weighted by molar-refractivity contribution is -0.133. The molecule has 1 saturated heterocycles. The zero-order chi connectivity index (χ0) is 20.1. The van der Waals surface area contributed by atoms with Crippen molar-refractivity contribution in [3.63, 3.8) is 0 Å². The quantitative estimate of drug-likeness (QED) is 0.721. The van der Waals surface area contributed by atoms with E-state index in [0.717, 1.165) is 11.3 Å². The fourth-order valence-electron chi connectivity index (χ4n) is 3.53. The van der Waals surface area contributed by atoms with Crippen LogP contribution in [0.1, 0.15) is 18.5 Å². The van der Waals surface area contributed by atoms with Gasteiger partial charge in [0.25, 0.3) is 0 Å². The Kier molecular flexibility index (Phi) is 5.70. The first-order valence-electron chi connectivity index (χ1n) is 9.82. The molecule has 6 heteroatoms. The number of nitrogens with one attached hydrogen (secondary N) is 1. The van der Waals surface area contributed by atoms with Gasteiger partial charge >= 0.3 is 0 Å². The van der Waals surface area contributed by atoms with Crippen LogP contribution < -0.4 is 5.32 Å². The number of nitrogens with zero attached hydrogens (tertiary/aromatic N) is 2. The Hall–Kier alpha value is -3.41. The number of hydrogen-bond donors (Lipinski definition) is 1. The zero-order valence-corrected chi connectivity index (χ0v) is 16.1. The van der Waals surface area contributed by atoms with Gasteiger partial charge in [-0.25, -0.2) is 4.98 Å². The molecule has 1 aliphatic rings. The molecule has 2 heterocycles. The van der Waals surface area contributed by atoms with Crippen LogP contribution in [0.3, 0.4) is 0 Å². The van der Waals surface area contributed by atoms with Gasteiger partial charge in [-0.3, -0.25) is 9.59 Å². The van der Waals surface area contributed by atoms with E-state index >= 15 is 0 Å². The van der Waals surface area contributed by atoms with E-state index in [4.69, 9.17) is 4.42 Å². The lowest BCUT2D eigenvalue weighted by Gasteiger charge is -2.31. The third kappa shape index (κ3) is 4.71. The standard InChI is InChI=1S/C23H23N3O3/c27-21(15-20-16-29-23(25-20)18-7-3-1-4-8-18)26-13-11-17(12-14-26)22(28)24-19-9-5-2-6-10-19/h1-10,16-17H,11-15H2,(H,24,28). The van der Waals surface area contributed by atoms with Crippen LogP contribution >= 0.6 is 0 Å². The molecule has 2 amide bonds. The summed E-state index contributed by atoms with van der Waals surface area (Å²) in [6.45, 7) is 1.16. The predicted octanol–water partition coefficient (Wildman–Crippen LogP) is 3.76. The predicted molar refractivity (Wildman–Crippen MR) is 110 cm³/mol. The molecule has 1 N–H and O–H groups in total. The molecular formula is C23H23N3O3. The lowest BCUT2D eigenvalue weighted by atomic mass is 9.95. The number of piperidine rings is 1. The Bertz CT molecular complexity index is 961. The van der Waals surface area contributed by atoms with Crippen molar-refractivity contribution in [3.05, 3.63) is 72.6 Å². The first-order chi connectivity index (χ1) is 14.2. The van der Waals surface area contributed by atoms with Gasteiger partial charge in [0, 0.05) is 30.3 Å². The third-order valence-corrected chi connectivity index (χ3v) is 5.16. The molecule has 29 heavy (non-hydrogen) atoms. The summed E-state index contributed by atoms with van der Waals surface area (Å²) in [6.07, 6.45) is 3.08. The van der Waals surface area contributed by atoms with Crippen LogP contribution in [-0.2, 0) is 16.0 Å². The van der Waals surface area contributed by atoms with Crippen molar-refractivity contribution in [2.45, 2.75) is 19.3 Å². The smallest absolute Gasteiger partial charge is 0.228 e. The topological polar surface area (TPSA) is 75.4 Å². The monoisotopic (exact) mass is 389 g/mol. The van der Waals surface area contributed by atoms with E-state index in [1.165, 1.54) is 0 Å². The summed E-state index contributed by atoms with van der Waals surface area (Å²) >= 11 is 0. The van der Waals surface area contributed by atoms with Gasteiger partial charge in [0.2, 0.25) is 17.7 Å². The average Bonchev–Trinajstić information content (AvgIpc) is 3.23. The fourth-order valence-corrected chi connectivity index (χ4v) is 3.53. The van der Waals surface area contributed by atoms with Crippen molar-refractivity contribution < 1.29 is 14.0 Å². The van der Waals surface area contributed by atoms with Crippen LogP contribution in [0.4, 0.5) is 5.69 Å². The van der Waals surface area contributed by atoms with Crippen LogP contribution in [-0.4, -0.2) is 34.8 Å². The number of aromatic nitrogens is 1. The minimum Gasteiger partial charge on any atom is -0.444 e. The van der Waals surface area contributed by atoms with E-state index in [0.29, 0.717) is 37.5 Å². The zero-order valence-electron chi connectivity index (χ0n) is 16.1. The van der Waals surface area contributed by atoms with Crippen LogP contribution in [0.25, 0.3) is 11.5 Å². The number of hydrogen-bond acceptors (Lipinski definition) is 4. The van der Waals surface area contributed by atoms with Crippen LogP contribution in [0.15, 0.2) is 71.3 Å². The number of rotatable bonds is 5. The minimum atomic E-state index is -0.0732. The van der Waals surface area contributed by atoms with Crippen molar-refractivity contribution in [2.75, 3.05) is 18.4 Å². The first kappa shape index (κ1) is 18.9. The number of benzene rings is 2. The molecule has 4 rings (SSSR count). The number of oxazole rings is 1. The largest absolute Gasteiger partial charge is 0.444 e. The molecule has 0 saturated carbocycles. The molecule has 0 atom stereocenters. The number of likely N-dealkylation sites (tertiary alicyclic amines) is 1. The van der Waals surface area contributed by atoms with Gasteiger partial charge in [0.1, 0.15) is 6.26 Å². The van der Waals surface area contributed by atoms with E-state index in [9.17, 15) is 9.59 Å². The molecule has 6 nitrogen and oxygen atoms in total. The van der Waals surface area contributed by atoms with Crippen molar-refractivity contribution in [2.24, 2.45) is 5.92 Å². The van der Waals surface area contributed by atoms with Gasteiger partial charge in [-0.2, -0.15) is 0 Å². The van der Waals surface area contributed by atoms with Crippen LogP contribution in [0, 0.1) is 5.92 Å². The van der Waals surface area contributed by atoms with Gasteiger partial charge in [-0.05, 0) is 37.1 Å². The second-order valence-corrected chi connectivity index (χ2v) is 7.20. The van der Waals surface area contributed by atoms with Crippen molar-refractivity contribution in [1.29, 1.82) is 0 Å². The number of amides is 2. The molecule has 0 radical (unpaired) electrons. The van der Waals surface area contributed by atoms with Gasteiger partial charge in [0.05, 0.1) is 12.1 Å². The summed E-state index contributed by atoms with van der Waals surface area (Å²) in [6, 6.07) is 19.1. The maximum atomic E-state index is 12.6. The van der Waals surface area contributed by atoms with E-state index in [1.54, 1.807) is 6.26 Å². The maximum absolute atomic E-state index is 12.6. The molecule has 3 aromatic rings. The van der Waals surface area contributed by atoms with Crippen molar-refractivity contribution in [3.8, 4) is 11.5 Å². The van der Waals surface area contributed by atoms with E-state index in [1.807, 2.05) is 65.6 Å². The van der Waals surface area contributed by atoms with Crippen molar-refractivity contribution >= 4 is 17.5 Å². The normalized spacial score (nSPS) is 14.6. The summed E-state index contributed by atoms with van der Waals surface area (Å²) in [5.74, 6) is 0.479. The van der Waals surface area contributed by atoms with E-state index in [-0.39, 0.29) is 24.2 Å². The number of para-hydroxylation sites is 1. The molecule has 0 unspecified atom stereocenters. The molecule has 1 fully saturated rings. The van der Waals surface area contributed by atoms with Crippen LogP contribution in [0.5, 0.6) is 0 Å². The highest BCUT2D eigenvalue weighted by molar-refractivity contribution is 5.92. The number of carbonyl (C=O) groups is 2. The summed E-state index contributed by atoms with van der Waals surface area (Å²) in [5, 5.41) is 2.95. The average molecular weight is 389 g/mol. The third-order valence-electron chi connectivity index (χ3n) is 5.16. The lowest BCUT2D eigenvalue weighted by Crippen LogP contribution is -2.42. The van der Waals surface area contributed by atoms with Gasteiger partial charge in [-0.15, -0.1) is 0 Å². The molecule has 0 bridgehead atoms. The molecular weight excluding hydrogens is 366 g/mol. The minimum absolute atomic E-state index is 0.0137. The second-order valence-electron chi connectivity index (χ2n) is 7.20. The SMILES string of the molecule is O=C(Nc1ccccc1)C1CCN(C(=O)Cc2coc(-c3ccccc3)n2)CC1. The number of carbonyl (C=O) groups excluding carboxylic acids is 2. The van der Waals surface area contributed by atoms with Crippen LogP contribution in [0.2, 0.25) is 0 Å². The molecule has 1 aliphatic heterocycles. The highest BCUT2D eigenvalue weighted by atomic mass is 16.3. The van der Waals surface area contributed by atoms with Gasteiger partial charge < -0.3 is 14.6 Å². The summed E-state index contributed by atoms with van der Waals surface area (Å²) < 4.78 is 5.51. The summed E-state index contributed by atoms with van der Waals surface area (Å²) in [7, 11) is 0. The van der Waals surface area contributed by atoms with E-state index in [2.05, 4.69) is 10.3 Å². The molecule has 0 spiro atoms. The Labute approximate surface area is 169 Å². The fraction of sp³-hybridized carbons (Fsp3) is 0.261. The highest BCUT2D eigenvalue weighted by Gasteiger charge is 2.27. The van der Waals surface area contributed by atoms with E-state index < -0.39 is 0 Å². The molecule has 0 aliphatic carbocycles. The molecule has 148 valence electrons. The second kappa shape index (κ2) is 8.73. The summed E-state index contributed by atoms with van der Waals surface area (Å²) in [4.78, 5) is 31.3. The maximum Gasteiger partial charge on any atom is 0.228 e. The Morgan fingerprint density at radius 2 is 1.66 bits per heavy atom. The molecule has 1 aromatic heterocycles.